The quantitative estimate of drug-likeness (QED) is 0.0334. The van der Waals surface area contributed by atoms with Crippen molar-refractivity contribution in [3.63, 3.8) is 0 Å². The van der Waals surface area contributed by atoms with Crippen molar-refractivity contribution in [1.29, 1.82) is 0 Å². The highest BCUT2D eigenvalue weighted by atomic mass is 16.7. The lowest BCUT2D eigenvalue weighted by atomic mass is 10.00. The summed E-state index contributed by atoms with van der Waals surface area (Å²) in [4.78, 5) is 106. The molecule has 3 aliphatic heterocycles. The van der Waals surface area contributed by atoms with Crippen LogP contribution in [0.2, 0.25) is 0 Å². The van der Waals surface area contributed by atoms with Crippen LogP contribution in [-0.4, -0.2) is 121 Å². The number of aromatic nitrogens is 4. The monoisotopic (exact) mass is 1270 g/mol. The number of ether oxygens (including phenoxy) is 5. The van der Waals surface area contributed by atoms with Crippen molar-refractivity contribution in [3.05, 3.63) is 156 Å². The van der Waals surface area contributed by atoms with Gasteiger partial charge in [0.15, 0.2) is 24.1 Å². The van der Waals surface area contributed by atoms with E-state index in [-0.39, 0.29) is 54.8 Å². The highest BCUT2D eigenvalue weighted by molar-refractivity contribution is 6.07. The van der Waals surface area contributed by atoms with Crippen LogP contribution < -0.4 is 30.9 Å². The first-order valence-electron chi connectivity index (χ1n) is 31.1. The standard InChI is InChI=1S/C46H54N6O9.C24H28N4O4/c1-6-20-60-46(57)52-38-26-40(29(2)23-35(38)44(56)51-19-9-7-12-36(51)45(52)61-42-14-8-10-21-59-42)58-22-11-13-41(54)47-34-25-39(50(5)28-34)43(55)48-33-17-15-31(16-18-33)32-24-37(30(3)53)49(4)27-32;1-15(29)20-11-17(13-27(20)5)16-7-9-18(10-8-16)25-22(30)21-12-19(14-28(21)6)26-23(31)32-24(2,3)4/h6,15-18,23-28,36,42,45H,1,7-14,19-22H2,2-5H3,(H,47,54)(H,48,55);7-14H,1-6H3,(H,25,30)(H,26,31)/t36-,42?,45?;/m0./s1. The lowest BCUT2D eigenvalue weighted by molar-refractivity contribution is -0.198. The summed E-state index contributed by atoms with van der Waals surface area (Å²) in [6.45, 7) is 15.2. The molecule has 3 aliphatic rings. The Balaban J connectivity index is 0.000000268. The molecule has 4 N–H and O–H groups in total. The van der Waals surface area contributed by atoms with Crippen LogP contribution >= 0.6 is 0 Å². The van der Waals surface area contributed by atoms with Crippen molar-refractivity contribution >= 4 is 75.8 Å². The molecule has 0 aliphatic carbocycles. The van der Waals surface area contributed by atoms with Crippen molar-refractivity contribution in [2.45, 2.75) is 117 Å². The number of fused-ring (bicyclic) bond motifs is 2. The van der Waals surface area contributed by atoms with E-state index in [2.05, 4.69) is 27.8 Å². The Hall–Kier alpha value is -10.0. The molecule has 0 spiro atoms. The Kier molecular flexibility index (Phi) is 21.4. The van der Waals surface area contributed by atoms with Crippen molar-refractivity contribution in [2.75, 3.05) is 52.5 Å². The van der Waals surface area contributed by atoms with Gasteiger partial charge in [-0.05, 0) is 144 Å². The summed E-state index contributed by atoms with van der Waals surface area (Å²) in [6, 6.07) is 24.6. The Morgan fingerprint density at radius 3 is 1.71 bits per heavy atom. The molecular formula is C70H82N10O13. The van der Waals surface area contributed by atoms with E-state index in [1.54, 1.807) is 114 Å². The average molecular weight is 1270 g/mol. The predicted molar refractivity (Wildman–Crippen MR) is 354 cm³/mol. The molecule has 10 rings (SSSR count). The van der Waals surface area contributed by atoms with Gasteiger partial charge in [-0.3, -0.25) is 34.1 Å². The highest BCUT2D eigenvalue weighted by Gasteiger charge is 2.47. The van der Waals surface area contributed by atoms with E-state index >= 15 is 0 Å². The summed E-state index contributed by atoms with van der Waals surface area (Å²) in [5.41, 5.74) is 8.59. The normalized spacial score (nSPS) is 16.1. The molecule has 4 aromatic heterocycles. The first-order chi connectivity index (χ1) is 44.3. The van der Waals surface area contributed by atoms with Crippen LogP contribution in [0.4, 0.5) is 38.0 Å². The van der Waals surface area contributed by atoms with Gasteiger partial charge < -0.3 is 62.8 Å². The number of nitrogens with one attached hydrogen (secondary N) is 4. The van der Waals surface area contributed by atoms with Crippen LogP contribution in [0.15, 0.2) is 122 Å². The Morgan fingerprint density at radius 2 is 1.19 bits per heavy atom. The smallest absolute Gasteiger partial charge is 0.416 e. The molecule has 490 valence electrons. The van der Waals surface area contributed by atoms with Crippen LogP contribution in [0.5, 0.6) is 5.75 Å². The van der Waals surface area contributed by atoms with Crippen molar-refractivity contribution in [1.82, 2.24) is 23.2 Å². The zero-order valence-corrected chi connectivity index (χ0v) is 54.4. The molecule has 23 nitrogen and oxygen atoms in total. The Morgan fingerprint density at radius 1 is 0.645 bits per heavy atom. The number of Topliss-reactive ketones (excluding diaryl/α,β-unsaturated/α-hetero) is 2. The van der Waals surface area contributed by atoms with E-state index in [0.29, 0.717) is 101 Å². The fourth-order valence-electron chi connectivity index (χ4n) is 11.5. The molecule has 2 unspecified atom stereocenters. The van der Waals surface area contributed by atoms with Gasteiger partial charge in [-0.1, -0.05) is 36.9 Å². The number of carbonyl (C=O) groups excluding carboxylic acids is 8. The van der Waals surface area contributed by atoms with Gasteiger partial charge >= 0.3 is 12.2 Å². The maximum absolute atomic E-state index is 14.2. The SMILES string of the molecule is C=CCOC(=O)N1c2cc(OCCCC(=O)Nc3cc(C(=O)Nc4ccc(-c5cc(C(C)=O)n(C)c5)cc4)n(C)c3)c(C)cc2C(=O)N2CCCC[C@H]2C1OC1CCCCO1.CC(=O)c1cc(-c2ccc(NC(=O)c3cc(NC(=O)OC(C)(C)C)cn3C)cc2)cn1C. The van der Waals surface area contributed by atoms with Crippen molar-refractivity contribution in [2.24, 2.45) is 28.2 Å². The predicted octanol–water partition coefficient (Wildman–Crippen LogP) is 12.4. The summed E-state index contributed by atoms with van der Waals surface area (Å²) in [5, 5.41) is 11.3. The zero-order valence-electron chi connectivity index (χ0n) is 54.4. The summed E-state index contributed by atoms with van der Waals surface area (Å²) in [6.07, 6.45) is 11.4. The number of aryl methyl sites for hydroxylation is 5. The number of rotatable bonds is 19. The lowest BCUT2D eigenvalue weighted by Gasteiger charge is -2.42. The second-order valence-electron chi connectivity index (χ2n) is 24.5. The second kappa shape index (κ2) is 29.5. The lowest BCUT2D eigenvalue weighted by Crippen LogP contribution is -2.57. The third kappa shape index (κ3) is 16.8. The Labute approximate surface area is 540 Å². The molecule has 0 radical (unpaired) electrons. The van der Waals surface area contributed by atoms with Crippen LogP contribution in [0.25, 0.3) is 22.3 Å². The largest absolute Gasteiger partial charge is 0.493 e. The van der Waals surface area contributed by atoms with E-state index in [9.17, 15) is 38.4 Å². The molecule has 0 saturated carbocycles. The van der Waals surface area contributed by atoms with Gasteiger partial charge in [0, 0.05) is 115 Å². The van der Waals surface area contributed by atoms with Gasteiger partial charge in [-0.15, -0.1) is 0 Å². The topological polar surface area (TPSA) is 257 Å². The number of benzene rings is 3. The maximum Gasteiger partial charge on any atom is 0.416 e. The van der Waals surface area contributed by atoms with Crippen molar-refractivity contribution < 1.29 is 62.0 Å². The van der Waals surface area contributed by atoms with E-state index in [4.69, 9.17) is 23.7 Å². The number of piperidine rings is 1. The van der Waals surface area contributed by atoms with Gasteiger partial charge in [0.25, 0.3) is 17.7 Å². The zero-order chi connectivity index (χ0) is 66.8. The molecule has 2 fully saturated rings. The number of nitrogens with zero attached hydrogens (tertiary/aromatic N) is 6. The van der Waals surface area contributed by atoms with Gasteiger partial charge in [0.2, 0.25) is 5.91 Å². The summed E-state index contributed by atoms with van der Waals surface area (Å²) in [7, 11) is 7.11. The van der Waals surface area contributed by atoms with Gasteiger partial charge in [0.05, 0.1) is 46.7 Å². The van der Waals surface area contributed by atoms with Gasteiger partial charge in [-0.25, -0.2) is 14.5 Å². The summed E-state index contributed by atoms with van der Waals surface area (Å²) < 4.78 is 36.4. The molecule has 3 aromatic carbocycles. The van der Waals surface area contributed by atoms with Gasteiger partial charge in [-0.2, -0.15) is 0 Å². The molecule has 93 heavy (non-hydrogen) atoms. The third-order valence-electron chi connectivity index (χ3n) is 16.0. The van der Waals surface area contributed by atoms with E-state index < -0.39 is 36.3 Å². The minimum absolute atomic E-state index is 0.00530. The molecule has 23 heteroatoms. The fourth-order valence-corrected chi connectivity index (χ4v) is 11.5. The highest BCUT2D eigenvalue weighted by Crippen LogP contribution is 2.40. The number of ketones is 2. The van der Waals surface area contributed by atoms with E-state index in [1.807, 2.05) is 74.7 Å². The summed E-state index contributed by atoms with van der Waals surface area (Å²) >= 11 is 0. The molecule has 7 heterocycles. The molecule has 6 amide bonds. The molecule has 0 bridgehead atoms. The van der Waals surface area contributed by atoms with Crippen LogP contribution in [0, 0.1) is 6.92 Å². The molecule has 7 aromatic rings. The van der Waals surface area contributed by atoms with Crippen LogP contribution in [-0.2, 0) is 51.9 Å². The van der Waals surface area contributed by atoms with Crippen LogP contribution in [0.3, 0.4) is 0 Å². The average Bonchev–Trinajstić information content (AvgIpc) is 1.64. The summed E-state index contributed by atoms with van der Waals surface area (Å²) in [5.74, 6) is -0.652. The minimum atomic E-state index is -0.856. The van der Waals surface area contributed by atoms with Crippen LogP contribution in [0.1, 0.15) is 144 Å². The maximum atomic E-state index is 14.2. The van der Waals surface area contributed by atoms with E-state index in [0.717, 1.165) is 47.9 Å². The van der Waals surface area contributed by atoms with E-state index in [1.165, 1.54) is 24.8 Å². The number of anilines is 5. The first-order valence-corrected chi connectivity index (χ1v) is 31.1. The van der Waals surface area contributed by atoms with Gasteiger partial charge in [0.1, 0.15) is 29.3 Å². The molecule has 2 saturated heterocycles. The number of hydrogen-bond acceptors (Lipinski definition) is 13. The molecule has 3 atom stereocenters. The second-order valence-corrected chi connectivity index (χ2v) is 24.5. The fraction of sp³-hybridized carbons (Fsp3) is 0.371. The minimum Gasteiger partial charge on any atom is -0.493 e. The first kappa shape index (κ1) is 67.4. The number of hydrogen-bond donors (Lipinski definition) is 4. The third-order valence-corrected chi connectivity index (χ3v) is 16.0. The van der Waals surface area contributed by atoms with Crippen molar-refractivity contribution in [3.8, 4) is 28.0 Å². The number of carbonyl (C=O) groups is 8. The Bertz CT molecular complexity index is 3930. The molecular weight excluding hydrogens is 1190 g/mol. The number of amides is 6.